The summed E-state index contributed by atoms with van der Waals surface area (Å²) in [6.45, 7) is 0. The van der Waals surface area contributed by atoms with Crippen molar-refractivity contribution in [2.24, 2.45) is 0 Å². The predicted octanol–water partition coefficient (Wildman–Crippen LogP) is -5.74. The van der Waals surface area contributed by atoms with Crippen molar-refractivity contribution in [2.45, 2.75) is 0 Å². The Morgan fingerprint density at radius 2 is 1.08 bits per heavy atom. The van der Waals surface area contributed by atoms with Gasteiger partial charge in [0.2, 0.25) is 0 Å². The average Bonchev–Trinajstić information content (AvgIpc) is 1.19. The monoisotopic (exact) mass is 449 g/mol. The molecule has 0 spiro atoms. The quantitative estimate of drug-likeness (QED) is 0.204. The van der Waals surface area contributed by atoms with Crippen LogP contribution in [-0.2, 0) is 14.9 Å². The van der Waals surface area contributed by atoms with E-state index in [1.54, 1.807) is 0 Å². The minimum absolute atomic E-state index is 0. The molecule has 0 bridgehead atoms. The molecule has 56 valence electrons. The van der Waals surface area contributed by atoms with Gasteiger partial charge in [0.05, 0.1) is 0 Å². The van der Waals surface area contributed by atoms with Crippen LogP contribution in [0.25, 0.3) is 0 Å². The van der Waals surface area contributed by atoms with E-state index in [9.17, 15) is 0 Å². The summed E-state index contributed by atoms with van der Waals surface area (Å²) in [4.78, 5) is 17.0. The van der Waals surface area contributed by atoms with Gasteiger partial charge in [-0.2, -0.15) is 0 Å². The fraction of sp³-hybridized carbons (Fsp3) is 0. The molecule has 0 aliphatic heterocycles. The summed E-state index contributed by atoms with van der Waals surface area (Å²) in [6, 6.07) is 0. The molecule has 0 aromatic carbocycles. The molecule has 0 aliphatic rings. The molecule has 0 aliphatic carbocycles. The minimum Gasteiger partial charge on any atom is -0.759 e. The van der Waals surface area contributed by atoms with Gasteiger partial charge in [-0.25, -0.2) is 0 Å². The van der Waals surface area contributed by atoms with Crippen molar-refractivity contribution in [1.82, 2.24) is 0 Å². The second-order valence-corrected chi connectivity index (χ2v) is 1.97. The molecule has 0 saturated heterocycles. The first-order valence-electron chi connectivity index (χ1n) is 1.28. The van der Waals surface area contributed by atoms with E-state index < -0.39 is 19.6 Å². The van der Waals surface area contributed by atoms with Crippen LogP contribution in [0.15, 0.2) is 0 Å². The second kappa shape index (κ2) is 21.2. The van der Waals surface area contributed by atoms with Crippen LogP contribution < -0.4 is 9.59 Å². The first kappa shape index (κ1) is 36.0. The molecule has 0 amide bonds. The van der Waals surface area contributed by atoms with E-state index in [1.165, 1.54) is 0 Å². The van der Waals surface area contributed by atoms with Crippen molar-refractivity contribution in [1.29, 1.82) is 0 Å². The van der Waals surface area contributed by atoms with Crippen LogP contribution in [0.4, 0.5) is 0 Å². The first-order valence-corrected chi connectivity index (χ1v) is 3.84. The van der Waals surface area contributed by atoms with Gasteiger partial charge < -0.3 is 23.2 Å². The maximum atomic E-state index is 8.52. The van der Waals surface area contributed by atoms with E-state index in [2.05, 4.69) is 0 Å². The third kappa shape index (κ3) is 206. The van der Waals surface area contributed by atoms with E-state index in [-0.39, 0.29) is 135 Å². The molecule has 7 nitrogen and oxygen atoms in total. The van der Waals surface area contributed by atoms with E-state index >= 15 is 0 Å². The van der Waals surface area contributed by atoms with Crippen molar-refractivity contribution in [3.8, 4) is 0 Å². The van der Waals surface area contributed by atoms with Crippen molar-refractivity contribution in [3.05, 3.63) is 0 Å². The Balaban J connectivity index is -0.0000000146. The summed E-state index contributed by atoms with van der Waals surface area (Å²) in [5.41, 5.74) is 0. The Bertz CT molecular complexity index is 171. The molecule has 0 N–H and O–H groups in total. The molecule has 0 radical (unpaired) electrons. The van der Waals surface area contributed by atoms with E-state index in [0.717, 1.165) is 0 Å². The zero-order valence-electron chi connectivity index (χ0n) is 6.46. The molecule has 0 aromatic rings. The van der Waals surface area contributed by atoms with Crippen LogP contribution in [0.2, 0.25) is 0 Å². The second-order valence-electron chi connectivity index (χ2n) is 0.658. The number of rotatable bonds is 0. The molecular weight excluding hydrogens is 448 g/mol. The van der Waals surface area contributed by atoms with Gasteiger partial charge in [-0.1, -0.05) is 0 Å². The number of hydrogen-bond donors (Lipinski definition) is 0. The molecule has 0 fully saturated rings. The van der Waals surface area contributed by atoms with E-state index in [1.807, 2.05) is 0 Å². The fourth-order valence-corrected chi connectivity index (χ4v) is 0. The van der Waals surface area contributed by atoms with Gasteiger partial charge >= 0.3 is 135 Å². The Morgan fingerprint density at radius 3 is 1.08 bits per heavy atom. The Morgan fingerprint density at radius 1 is 1.08 bits per heavy atom. The normalized spacial score (nSPS) is 6.31. The minimum atomic E-state index is -5.17. The van der Waals surface area contributed by atoms with Crippen molar-refractivity contribution < 1.29 is 31.6 Å². The molecule has 0 rings (SSSR count). The van der Waals surface area contributed by atoms with Gasteiger partial charge in [0, 0.05) is 19.6 Å². The zero-order chi connectivity index (χ0) is 8.08. The van der Waals surface area contributed by atoms with Gasteiger partial charge in [-0.15, -0.1) is 0 Å². The summed E-state index contributed by atoms with van der Waals surface area (Å²) in [5.74, 6) is 0. The van der Waals surface area contributed by atoms with Crippen molar-refractivity contribution in [3.63, 3.8) is 0 Å². The van der Waals surface area contributed by atoms with Crippen LogP contribution in [0.1, 0.15) is 0 Å². The smallest absolute Gasteiger partial charge is 0.759 e. The predicted molar refractivity (Wildman–Crippen MR) is 39.9 cm³/mol. The molecule has 13 heavy (non-hydrogen) atoms. The van der Waals surface area contributed by atoms with Crippen LogP contribution in [0.5, 0.6) is 0 Å². The van der Waals surface area contributed by atoms with E-state index in [0.29, 0.717) is 0 Å². The summed E-state index contributed by atoms with van der Waals surface area (Å²) in [6.07, 6.45) is 0. The molecular formula is AlBaMgO7SSiSr+5. The Kier molecular flexibility index (Phi) is 58.5. The van der Waals surface area contributed by atoms with Gasteiger partial charge in [-0.3, -0.25) is 8.42 Å². The molecule has 0 heterocycles. The third-order valence-corrected chi connectivity index (χ3v) is 0. The van der Waals surface area contributed by atoms with Crippen LogP contribution in [0.3, 0.4) is 0 Å². The first-order chi connectivity index (χ1) is 3.73. The van der Waals surface area contributed by atoms with Crippen molar-refractivity contribution in [2.75, 3.05) is 0 Å². The maximum Gasteiger partial charge on any atom is 3.00 e. The molecule has 0 aromatic heterocycles. The van der Waals surface area contributed by atoms with Crippen LogP contribution in [-0.4, -0.2) is 161 Å². The standard InChI is InChI=1S/Al.Ba.Mg.H2O4S.O3Si.Sr/c;;;1-5(2,3)4;1-4(2)3;/h;;;(H2,1,2,3,4);;/q+3;2*+2;;-2;+2/p-2. The molecule has 0 unspecified atom stereocenters. The molecule has 0 saturated carbocycles. The SMILES string of the molecule is O=S(=O)([O-])[O-].O=[Si]([O-])[O-].[Al+3].[Ba+2].[Mg+2].[Sr+2]. The van der Waals surface area contributed by atoms with E-state index in [4.69, 9.17) is 31.6 Å². The Labute approximate surface area is 181 Å². The summed E-state index contributed by atoms with van der Waals surface area (Å²) in [5, 5.41) is 0. The zero-order valence-corrected chi connectivity index (χ0v) is 18.8. The van der Waals surface area contributed by atoms with Gasteiger partial charge in [0.25, 0.3) is 0 Å². The summed E-state index contributed by atoms with van der Waals surface area (Å²) < 4.78 is 42.6. The van der Waals surface area contributed by atoms with Crippen LogP contribution in [0, 0.1) is 0 Å². The maximum absolute atomic E-state index is 8.52. The van der Waals surface area contributed by atoms with Gasteiger partial charge in [0.15, 0.2) is 0 Å². The molecule has 0 atom stereocenters. The fourth-order valence-electron chi connectivity index (χ4n) is 0. The van der Waals surface area contributed by atoms with Gasteiger partial charge in [-0.05, 0) is 0 Å². The Hall–Kier alpha value is 3.84. The largest absolute Gasteiger partial charge is 3.00 e. The van der Waals surface area contributed by atoms with Gasteiger partial charge in [0.1, 0.15) is 0 Å². The summed E-state index contributed by atoms with van der Waals surface area (Å²) in [7, 11) is -8.80. The van der Waals surface area contributed by atoms with Crippen molar-refractivity contribution >= 4 is 154 Å². The van der Waals surface area contributed by atoms with Crippen LogP contribution >= 0.6 is 0 Å². The summed E-state index contributed by atoms with van der Waals surface area (Å²) >= 11 is 0. The third-order valence-electron chi connectivity index (χ3n) is 0. The molecule has 13 heteroatoms. The number of hydrogen-bond acceptors (Lipinski definition) is 7. The topological polar surface area (TPSA) is 143 Å². The average molecular weight is 448 g/mol.